The normalized spacial score (nSPS) is 15.6. The van der Waals surface area contributed by atoms with Crippen molar-refractivity contribution in [3.05, 3.63) is 94.6 Å². The molecular weight excluding hydrogens is 446 g/mol. The van der Waals surface area contributed by atoms with Gasteiger partial charge in [0.05, 0.1) is 24.8 Å². The highest BCUT2D eigenvalue weighted by Crippen LogP contribution is 2.42. The molecule has 1 aromatic heterocycles. The van der Waals surface area contributed by atoms with E-state index in [-0.39, 0.29) is 11.3 Å². The van der Waals surface area contributed by atoms with Gasteiger partial charge in [0.25, 0.3) is 5.91 Å². The molecule has 1 amide bonds. The number of ether oxygens (including phenoxy) is 2. The fourth-order valence-corrected chi connectivity index (χ4v) is 4.28. The summed E-state index contributed by atoms with van der Waals surface area (Å²) in [6, 6.07) is 17.5. The molecular formula is C28H29NO6. The average Bonchev–Trinajstić information content (AvgIpc) is 3.40. The van der Waals surface area contributed by atoms with Crippen LogP contribution in [0.25, 0.3) is 0 Å². The molecule has 1 aliphatic heterocycles. The van der Waals surface area contributed by atoms with Crippen LogP contribution >= 0.6 is 0 Å². The third-order valence-corrected chi connectivity index (χ3v) is 5.88. The number of hydrogen-bond acceptors (Lipinski definition) is 6. The molecule has 0 radical (unpaired) electrons. The Morgan fingerprint density at radius 3 is 2.37 bits per heavy atom. The van der Waals surface area contributed by atoms with E-state index in [2.05, 4.69) is 0 Å². The quantitative estimate of drug-likeness (QED) is 0.405. The molecule has 0 bridgehead atoms. The van der Waals surface area contributed by atoms with Gasteiger partial charge in [0, 0.05) is 6.54 Å². The van der Waals surface area contributed by atoms with Gasteiger partial charge in [-0.05, 0) is 62.6 Å². The van der Waals surface area contributed by atoms with Gasteiger partial charge in [-0.15, -0.1) is 0 Å². The molecule has 7 heteroatoms. The molecule has 2 aromatic carbocycles. The van der Waals surface area contributed by atoms with E-state index in [1.165, 1.54) is 4.90 Å². The number of Topliss-reactive ketones (excluding diaryl/α,β-unsaturated/α-hetero) is 1. The smallest absolute Gasteiger partial charge is 0.290 e. The molecule has 35 heavy (non-hydrogen) atoms. The van der Waals surface area contributed by atoms with Crippen LogP contribution in [0.15, 0.2) is 76.4 Å². The minimum absolute atomic E-state index is 0.0102. The Bertz CT molecular complexity index is 1240. The van der Waals surface area contributed by atoms with Crippen LogP contribution in [-0.4, -0.2) is 41.5 Å². The zero-order valence-electron chi connectivity index (χ0n) is 20.1. The molecule has 7 nitrogen and oxygen atoms in total. The van der Waals surface area contributed by atoms with Crippen molar-refractivity contribution in [1.82, 2.24) is 4.90 Å². The van der Waals surface area contributed by atoms with Crippen molar-refractivity contribution in [2.75, 3.05) is 19.8 Å². The molecule has 0 spiro atoms. The van der Waals surface area contributed by atoms with Gasteiger partial charge in [-0.3, -0.25) is 9.59 Å². The third-order valence-electron chi connectivity index (χ3n) is 5.88. The van der Waals surface area contributed by atoms with E-state index in [9.17, 15) is 14.7 Å². The highest BCUT2D eigenvalue weighted by Gasteiger charge is 2.44. The van der Waals surface area contributed by atoms with Gasteiger partial charge in [-0.25, -0.2) is 0 Å². The maximum Gasteiger partial charge on any atom is 0.290 e. The number of benzene rings is 2. The Morgan fingerprint density at radius 1 is 1.00 bits per heavy atom. The largest absolute Gasteiger partial charge is 0.503 e. The second-order valence-electron chi connectivity index (χ2n) is 8.21. The van der Waals surface area contributed by atoms with Crippen molar-refractivity contribution < 1.29 is 28.6 Å². The van der Waals surface area contributed by atoms with E-state index in [1.54, 1.807) is 37.3 Å². The Morgan fingerprint density at radius 2 is 1.71 bits per heavy atom. The van der Waals surface area contributed by atoms with Crippen LogP contribution in [-0.2, 0) is 11.2 Å². The van der Waals surface area contributed by atoms with Gasteiger partial charge in [0.1, 0.15) is 5.76 Å². The molecule has 182 valence electrons. The second kappa shape index (κ2) is 10.5. The predicted molar refractivity (Wildman–Crippen MR) is 131 cm³/mol. The Hall–Kier alpha value is -4.00. The lowest BCUT2D eigenvalue weighted by Crippen LogP contribution is -2.33. The van der Waals surface area contributed by atoms with E-state index in [0.717, 1.165) is 5.56 Å². The number of hydrogen-bond donors (Lipinski definition) is 1. The van der Waals surface area contributed by atoms with Crippen LogP contribution in [0.1, 0.15) is 47.3 Å². The number of carbonyl (C=O) groups is 2. The van der Waals surface area contributed by atoms with Gasteiger partial charge in [-0.1, -0.05) is 36.4 Å². The SMILES string of the molecule is CCOc1ccc(C2C(C(=O)c3ccc(C)o3)=C(O)C(=O)N2CCc2ccccc2)cc1OCC. The number of aryl methyl sites for hydroxylation is 1. The summed E-state index contributed by atoms with van der Waals surface area (Å²) in [6.45, 7) is 6.68. The number of nitrogens with zero attached hydrogens (tertiary/aromatic N) is 1. The first-order valence-corrected chi connectivity index (χ1v) is 11.7. The summed E-state index contributed by atoms with van der Waals surface area (Å²) < 4.78 is 17.0. The monoisotopic (exact) mass is 475 g/mol. The van der Waals surface area contributed by atoms with Crippen LogP contribution in [0.4, 0.5) is 0 Å². The van der Waals surface area contributed by atoms with Crippen LogP contribution in [0.2, 0.25) is 0 Å². The first-order chi connectivity index (χ1) is 16.9. The van der Waals surface area contributed by atoms with Gasteiger partial charge in [-0.2, -0.15) is 0 Å². The zero-order chi connectivity index (χ0) is 24.9. The van der Waals surface area contributed by atoms with Crippen LogP contribution in [0, 0.1) is 6.92 Å². The lowest BCUT2D eigenvalue weighted by Gasteiger charge is -2.27. The Balaban J connectivity index is 1.77. The maximum atomic E-state index is 13.5. The van der Waals surface area contributed by atoms with Crippen molar-refractivity contribution >= 4 is 11.7 Å². The molecule has 1 aliphatic rings. The summed E-state index contributed by atoms with van der Waals surface area (Å²) in [7, 11) is 0. The Labute approximate surface area is 204 Å². The number of aliphatic hydroxyl groups excluding tert-OH is 1. The van der Waals surface area contributed by atoms with E-state index in [4.69, 9.17) is 13.9 Å². The van der Waals surface area contributed by atoms with E-state index >= 15 is 0 Å². The lowest BCUT2D eigenvalue weighted by molar-refractivity contribution is -0.129. The molecule has 0 fully saturated rings. The first kappa shape index (κ1) is 24.1. The number of furan rings is 1. The first-order valence-electron chi connectivity index (χ1n) is 11.7. The molecule has 0 aliphatic carbocycles. The van der Waals surface area contributed by atoms with E-state index < -0.39 is 23.5 Å². The van der Waals surface area contributed by atoms with Crippen molar-refractivity contribution in [2.24, 2.45) is 0 Å². The summed E-state index contributed by atoms with van der Waals surface area (Å²) in [6.07, 6.45) is 0.563. The van der Waals surface area contributed by atoms with E-state index in [1.807, 2.05) is 44.2 Å². The molecule has 1 atom stereocenters. The number of carbonyl (C=O) groups excluding carboxylic acids is 2. The minimum atomic E-state index is -0.806. The summed E-state index contributed by atoms with van der Waals surface area (Å²) in [4.78, 5) is 28.2. The lowest BCUT2D eigenvalue weighted by atomic mass is 9.94. The van der Waals surface area contributed by atoms with Gasteiger partial charge < -0.3 is 23.9 Å². The topological polar surface area (TPSA) is 89.2 Å². The molecule has 0 saturated heterocycles. The second-order valence-corrected chi connectivity index (χ2v) is 8.21. The fourth-order valence-electron chi connectivity index (χ4n) is 4.28. The van der Waals surface area contributed by atoms with Crippen LogP contribution in [0.3, 0.4) is 0 Å². The summed E-state index contributed by atoms with van der Waals surface area (Å²) in [5.74, 6) is 0.0365. The average molecular weight is 476 g/mol. The molecule has 1 unspecified atom stereocenters. The van der Waals surface area contributed by atoms with Gasteiger partial charge >= 0.3 is 0 Å². The van der Waals surface area contributed by atoms with Crippen LogP contribution in [0.5, 0.6) is 11.5 Å². The minimum Gasteiger partial charge on any atom is -0.503 e. The van der Waals surface area contributed by atoms with Crippen molar-refractivity contribution in [3.63, 3.8) is 0 Å². The molecule has 1 N–H and O–H groups in total. The number of ketones is 1. The molecule has 3 aromatic rings. The van der Waals surface area contributed by atoms with Crippen molar-refractivity contribution in [3.8, 4) is 11.5 Å². The van der Waals surface area contributed by atoms with Crippen molar-refractivity contribution in [2.45, 2.75) is 33.2 Å². The summed E-state index contributed by atoms with van der Waals surface area (Å²) >= 11 is 0. The number of aliphatic hydroxyl groups is 1. The molecule has 2 heterocycles. The number of amides is 1. The van der Waals surface area contributed by atoms with Gasteiger partial charge in [0.15, 0.2) is 23.0 Å². The molecule has 0 saturated carbocycles. The zero-order valence-corrected chi connectivity index (χ0v) is 20.1. The van der Waals surface area contributed by atoms with E-state index in [0.29, 0.717) is 49.0 Å². The Kier molecular flexibility index (Phi) is 7.25. The fraction of sp³-hybridized carbons (Fsp3) is 0.286. The molecule has 4 rings (SSSR count). The highest BCUT2D eigenvalue weighted by molar-refractivity contribution is 6.15. The highest BCUT2D eigenvalue weighted by atomic mass is 16.5. The standard InChI is InChI=1S/C28H29NO6/c1-4-33-21-14-12-20(17-23(21)34-5-2)25-24(26(30)22-13-11-18(3)35-22)27(31)28(32)29(25)16-15-19-9-7-6-8-10-19/h6-14,17,25,31H,4-5,15-16H2,1-3H3. The summed E-state index contributed by atoms with van der Waals surface area (Å²) in [5.41, 5.74) is 1.67. The predicted octanol–water partition coefficient (Wildman–Crippen LogP) is 5.21. The summed E-state index contributed by atoms with van der Waals surface area (Å²) in [5, 5.41) is 10.9. The van der Waals surface area contributed by atoms with Crippen molar-refractivity contribution in [1.29, 1.82) is 0 Å². The van der Waals surface area contributed by atoms with Crippen LogP contribution < -0.4 is 9.47 Å². The number of rotatable bonds is 10. The third kappa shape index (κ3) is 4.94. The van der Waals surface area contributed by atoms with Gasteiger partial charge in [0.2, 0.25) is 5.78 Å². The maximum absolute atomic E-state index is 13.5.